The second-order valence-electron chi connectivity index (χ2n) is 3.90. The number of rotatable bonds is 5. The van der Waals surface area contributed by atoms with Gasteiger partial charge in [0.2, 0.25) is 0 Å². The van der Waals surface area contributed by atoms with E-state index in [1.807, 2.05) is 0 Å². The Bertz CT molecular complexity index is 513. The Morgan fingerprint density at radius 1 is 1.41 bits per heavy atom. The third-order valence-corrected chi connectivity index (χ3v) is 2.48. The fourth-order valence-corrected chi connectivity index (χ4v) is 1.63. The minimum atomic E-state index is 0.0171. The zero-order valence-corrected chi connectivity index (χ0v) is 10.00. The van der Waals surface area contributed by atoms with Gasteiger partial charge >= 0.3 is 0 Å². The van der Waals surface area contributed by atoms with Gasteiger partial charge in [-0.3, -0.25) is 9.48 Å². The third-order valence-electron chi connectivity index (χ3n) is 2.48. The zero-order chi connectivity index (χ0) is 12.3. The molecule has 0 radical (unpaired) electrons. The van der Waals surface area contributed by atoms with Gasteiger partial charge in [-0.05, 0) is 6.42 Å². The third kappa shape index (κ3) is 2.58. The van der Waals surface area contributed by atoms with Crippen LogP contribution in [-0.4, -0.2) is 30.3 Å². The van der Waals surface area contributed by atoms with Crippen LogP contribution in [0.5, 0.6) is 0 Å². The van der Waals surface area contributed by atoms with Gasteiger partial charge < -0.3 is 0 Å². The second-order valence-corrected chi connectivity index (χ2v) is 3.90. The molecule has 0 aliphatic heterocycles. The second kappa shape index (κ2) is 4.90. The van der Waals surface area contributed by atoms with Crippen molar-refractivity contribution in [2.75, 3.05) is 0 Å². The molecule has 17 heavy (non-hydrogen) atoms. The molecule has 90 valence electrons. The van der Waals surface area contributed by atoms with E-state index in [0.717, 1.165) is 13.0 Å². The standard InChI is InChI=1S/C11H15N5O/c1-3-4-16-11(12-8-14-16)5-10(17)9-6-13-15(2)7-9/h6-8H,3-5H2,1-2H3. The maximum Gasteiger partial charge on any atom is 0.173 e. The lowest BCUT2D eigenvalue weighted by Crippen LogP contribution is -2.11. The monoisotopic (exact) mass is 233 g/mol. The summed E-state index contributed by atoms with van der Waals surface area (Å²) in [6, 6.07) is 0. The summed E-state index contributed by atoms with van der Waals surface area (Å²) in [5.74, 6) is 0.726. The lowest BCUT2D eigenvalue weighted by Gasteiger charge is -2.02. The number of hydrogen-bond acceptors (Lipinski definition) is 4. The summed E-state index contributed by atoms with van der Waals surface area (Å²) >= 11 is 0. The molecular weight excluding hydrogens is 218 g/mol. The summed E-state index contributed by atoms with van der Waals surface area (Å²) in [6.07, 6.45) is 6.01. The topological polar surface area (TPSA) is 65.6 Å². The van der Waals surface area contributed by atoms with Crippen LogP contribution in [0.2, 0.25) is 0 Å². The molecule has 0 saturated carbocycles. The Hall–Kier alpha value is -1.98. The Balaban J connectivity index is 2.10. The Morgan fingerprint density at radius 3 is 2.88 bits per heavy atom. The molecule has 0 aliphatic carbocycles. The molecule has 0 amide bonds. The van der Waals surface area contributed by atoms with Crippen LogP contribution in [0.4, 0.5) is 0 Å². The molecule has 0 aromatic carbocycles. The van der Waals surface area contributed by atoms with Crippen molar-refractivity contribution in [2.24, 2.45) is 7.05 Å². The molecule has 6 nitrogen and oxygen atoms in total. The van der Waals surface area contributed by atoms with Crippen LogP contribution in [0.3, 0.4) is 0 Å². The van der Waals surface area contributed by atoms with Gasteiger partial charge in [-0.15, -0.1) is 0 Å². The van der Waals surface area contributed by atoms with Crippen molar-refractivity contribution in [3.8, 4) is 0 Å². The predicted octanol–water partition coefficient (Wildman–Crippen LogP) is 0.847. The molecule has 2 aromatic heterocycles. The normalized spacial score (nSPS) is 10.7. The zero-order valence-electron chi connectivity index (χ0n) is 10.00. The van der Waals surface area contributed by atoms with Gasteiger partial charge in [0.15, 0.2) is 5.78 Å². The van der Waals surface area contributed by atoms with E-state index in [-0.39, 0.29) is 12.2 Å². The number of carbonyl (C=O) groups excluding carboxylic acids is 1. The first-order chi connectivity index (χ1) is 8.20. The van der Waals surface area contributed by atoms with Gasteiger partial charge in [0, 0.05) is 19.8 Å². The molecule has 2 rings (SSSR count). The van der Waals surface area contributed by atoms with Gasteiger partial charge in [-0.25, -0.2) is 9.67 Å². The SMILES string of the molecule is CCCn1ncnc1CC(=O)c1cnn(C)c1. The van der Waals surface area contributed by atoms with Crippen LogP contribution in [0.1, 0.15) is 29.5 Å². The highest BCUT2D eigenvalue weighted by atomic mass is 16.1. The van der Waals surface area contributed by atoms with E-state index in [2.05, 4.69) is 22.1 Å². The largest absolute Gasteiger partial charge is 0.294 e. The lowest BCUT2D eigenvalue weighted by molar-refractivity contribution is 0.0989. The molecular formula is C11H15N5O. The van der Waals surface area contributed by atoms with Crippen LogP contribution >= 0.6 is 0 Å². The maximum atomic E-state index is 11.9. The van der Waals surface area contributed by atoms with Crippen LogP contribution in [0.25, 0.3) is 0 Å². The number of aromatic nitrogens is 5. The Morgan fingerprint density at radius 2 is 2.24 bits per heavy atom. The summed E-state index contributed by atoms with van der Waals surface area (Å²) in [5.41, 5.74) is 0.610. The number of aryl methyl sites for hydroxylation is 2. The summed E-state index contributed by atoms with van der Waals surface area (Å²) in [7, 11) is 1.79. The van der Waals surface area contributed by atoms with Crippen LogP contribution in [-0.2, 0) is 20.0 Å². The molecule has 0 unspecified atom stereocenters. The van der Waals surface area contributed by atoms with Crippen LogP contribution in [0, 0.1) is 0 Å². The van der Waals surface area contributed by atoms with E-state index in [9.17, 15) is 4.79 Å². The number of Topliss-reactive ketones (excluding diaryl/α,β-unsaturated/α-hetero) is 1. The highest BCUT2D eigenvalue weighted by molar-refractivity contribution is 5.96. The quantitative estimate of drug-likeness (QED) is 0.718. The minimum Gasteiger partial charge on any atom is -0.294 e. The summed E-state index contributed by atoms with van der Waals surface area (Å²) < 4.78 is 3.39. The van der Waals surface area contributed by atoms with E-state index in [1.54, 1.807) is 28.8 Å². The average molecular weight is 233 g/mol. The van der Waals surface area contributed by atoms with Crippen molar-refractivity contribution >= 4 is 5.78 Å². The van der Waals surface area contributed by atoms with Crippen molar-refractivity contribution in [3.05, 3.63) is 30.1 Å². The molecule has 0 bridgehead atoms. The van der Waals surface area contributed by atoms with Gasteiger partial charge in [0.05, 0.1) is 18.2 Å². The summed E-state index contributed by atoms with van der Waals surface area (Å²) in [4.78, 5) is 16.1. The first-order valence-corrected chi connectivity index (χ1v) is 5.59. The number of carbonyl (C=O) groups is 1. The average Bonchev–Trinajstić information content (AvgIpc) is 2.89. The molecule has 0 N–H and O–H groups in total. The molecule has 2 aromatic rings. The minimum absolute atomic E-state index is 0.0171. The molecule has 0 aliphatic rings. The van der Waals surface area contributed by atoms with Gasteiger partial charge in [-0.1, -0.05) is 6.92 Å². The van der Waals surface area contributed by atoms with Gasteiger partial charge in [0.1, 0.15) is 12.2 Å². The first-order valence-electron chi connectivity index (χ1n) is 5.59. The molecule has 0 saturated heterocycles. The van der Waals surface area contributed by atoms with E-state index >= 15 is 0 Å². The van der Waals surface area contributed by atoms with Gasteiger partial charge in [0.25, 0.3) is 0 Å². The van der Waals surface area contributed by atoms with E-state index in [4.69, 9.17) is 0 Å². The van der Waals surface area contributed by atoms with Crippen molar-refractivity contribution in [1.82, 2.24) is 24.5 Å². The number of ketones is 1. The fraction of sp³-hybridized carbons (Fsp3) is 0.455. The molecule has 0 atom stereocenters. The van der Waals surface area contributed by atoms with Crippen LogP contribution < -0.4 is 0 Å². The van der Waals surface area contributed by atoms with Crippen molar-refractivity contribution < 1.29 is 4.79 Å². The Kier molecular flexibility index (Phi) is 3.32. The van der Waals surface area contributed by atoms with E-state index in [1.165, 1.54) is 6.33 Å². The van der Waals surface area contributed by atoms with Gasteiger partial charge in [-0.2, -0.15) is 10.2 Å². The highest BCUT2D eigenvalue weighted by Crippen LogP contribution is 2.05. The highest BCUT2D eigenvalue weighted by Gasteiger charge is 2.13. The predicted molar refractivity (Wildman–Crippen MR) is 61.6 cm³/mol. The van der Waals surface area contributed by atoms with E-state index < -0.39 is 0 Å². The molecule has 0 fully saturated rings. The van der Waals surface area contributed by atoms with Crippen molar-refractivity contribution in [3.63, 3.8) is 0 Å². The molecule has 6 heteroatoms. The van der Waals surface area contributed by atoms with Crippen LogP contribution in [0.15, 0.2) is 18.7 Å². The summed E-state index contributed by atoms with van der Waals surface area (Å²) in [5, 5.41) is 8.07. The lowest BCUT2D eigenvalue weighted by atomic mass is 10.1. The van der Waals surface area contributed by atoms with Crippen molar-refractivity contribution in [1.29, 1.82) is 0 Å². The number of nitrogens with zero attached hydrogens (tertiary/aromatic N) is 5. The number of hydrogen-bond donors (Lipinski definition) is 0. The molecule has 2 heterocycles. The first kappa shape index (κ1) is 11.5. The van der Waals surface area contributed by atoms with Crippen molar-refractivity contribution in [2.45, 2.75) is 26.3 Å². The van der Waals surface area contributed by atoms with E-state index in [0.29, 0.717) is 11.4 Å². The smallest absolute Gasteiger partial charge is 0.173 e. The summed E-state index contributed by atoms with van der Waals surface area (Å²) in [6.45, 7) is 2.85. The fourth-order valence-electron chi connectivity index (χ4n) is 1.63. The maximum absolute atomic E-state index is 11.9. The molecule has 0 spiro atoms. The Labute approximate surface area is 99.3 Å².